The Morgan fingerprint density at radius 1 is 1.23 bits per heavy atom. The van der Waals surface area contributed by atoms with Crippen molar-refractivity contribution in [3.63, 3.8) is 0 Å². The molecule has 3 rings (SSSR count). The molecule has 0 saturated carbocycles. The number of halogens is 4. The number of hydrogen-bond acceptors (Lipinski definition) is 5. The molecular formula is C17H12F4N2O2S. The maximum atomic E-state index is 14.2. The van der Waals surface area contributed by atoms with Gasteiger partial charge in [0.05, 0.1) is 5.56 Å². The first-order chi connectivity index (χ1) is 12.3. The van der Waals surface area contributed by atoms with Crippen LogP contribution in [0.2, 0.25) is 0 Å². The SMILES string of the molecule is O=C(CCCc1cccs1)c1ccc(-c2noc(C(F)(F)F)n2)cc1F. The number of ketones is 1. The molecule has 0 bridgehead atoms. The Morgan fingerprint density at radius 3 is 2.65 bits per heavy atom. The molecule has 9 heteroatoms. The summed E-state index contributed by atoms with van der Waals surface area (Å²) in [6.07, 6.45) is -3.29. The van der Waals surface area contributed by atoms with Crippen LogP contribution in [0.15, 0.2) is 40.2 Å². The van der Waals surface area contributed by atoms with Crippen molar-refractivity contribution in [2.24, 2.45) is 0 Å². The van der Waals surface area contributed by atoms with Gasteiger partial charge in [-0.15, -0.1) is 11.3 Å². The molecule has 0 aliphatic rings. The van der Waals surface area contributed by atoms with E-state index >= 15 is 0 Å². The van der Waals surface area contributed by atoms with Gasteiger partial charge in [-0.2, -0.15) is 18.2 Å². The molecule has 0 aliphatic carbocycles. The lowest BCUT2D eigenvalue weighted by Crippen LogP contribution is -2.05. The second kappa shape index (κ2) is 7.36. The normalized spacial score (nSPS) is 11.7. The van der Waals surface area contributed by atoms with E-state index < -0.39 is 23.7 Å². The highest BCUT2D eigenvalue weighted by Gasteiger charge is 2.38. The molecule has 0 unspecified atom stereocenters. The molecule has 4 nitrogen and oxygen atoms in total. The zero-order valence-electron chi connectivity index (χ0n) is 13.2. The largest absolute Gasteiger partial charge is 0.471 e. The minimum Gasteiger partial charge on any atom is -0.329 e. The van der Waals surface area contributed by atoms with E-state index in [-0.39, 0.29) is 23.3 Å². The van der Waals surface area contributed by atoms with Gasteiger partial charge in [-0.05, 0) is 36.4 Å². The van der Waals surface area contributed by atoms with Crippen LogP contribution in [0.4, 0.5) is 17.6 Å². The van der Waals surface area contributed by atoms with Gasteiger partial charge in [0.1, 0.15) is 5.82 Å². The van der Waals surface area contributed by atoms with E-state index in [2.05, 4.69) is 14.7 Å². The maximum absolute atomic E-state index is 14.2. The minimum atomic E-state index is -4.78. The number of nitrogens with zero attached hydrogens (tertiary/aromatic N) is 2. The van der Waals surface area contributed by atoms with E-state index in [1.54, 1.807) is 11.3 Å². The summed E-state index contributed by atoms with van der Waals surface area (Å²) in [5.74, 6) is -3.11. The number of carbonyl (C=O) groups excluding carboxylic acids is 1. The number of hydrogen-bond donors (Lipinski definition) is 0. The molecule has 26 heavy (non-hydrogen) atoms. The van der Waals surface area contributed by atoms with Gasteiger partial charge in [-0.3, -0.25) is 4.79 Å². The Bertz CT molecular complexity index is 904. The van der Waals surface area contributed by atoms with E-state index in [4.69, 9.17) is 0 Å². The van der Waals surface area contributed by atoms with Crippen molar-refractivity contribution in [1.29, 1.82) is 0 Å². The first kappa shape index (κ1) is 18.2. The number of benzene rings is 1. The summed E-state index contributed by atoms with van der Waals surface area (Å²) in [5, 5.41) is 5.13. The number of aromatic nitrogens is 2. The van der Waals surface area contributed by atoms with Crippen LogP contribution < -0.4 is 0 Å². The highest BCUT2D eigenvalue weighted by Crippen LogP contribution is 2.29. The Morgan fingerprint density at radius 2 is 2.04 bits per heavy atom. The minimum absolute atomic E-state index is 0.00288. The topological polar surface area (TPSA) is 56.0 Å². The van der Waals surface area contributed by atoms with Crippen molar-refractivity contribution in [2.75, 3.05) is 0 Å². The Kier molecular flexibility index (Phi) is 5.17. The molecule has 0 spiro atoms. The van der Waals surface area contributed by atoms with Crippen LogP contribution >= 0.6 is 11.3 Å². The van der Waals surface area contributed by atoms with Crippen LogP contribution in [-0.2, 0) is 12.6 Å². The molecule has 0 N–H and O–H groups in total. The Balaban J connectivity index is 1.68. The van der Waals surface area contributed by atoms with Gasteiger partial charge in [0.2, 0.25) is 5.82 Å². The molecule has 0 atom stereocenters. The molecule has 3 aromatic rings. The number of alkyl halides is 3. The average molecular weight is 384 g/mol. The molecule has 0 amide bonds. The maximum Gasteiger partial charge on any atom is 0.471 e. The Labute approximate surface area is 149 Å². The van der Waals surface area contributed by atoms with Gasteiger partial charge in [0, 0.05) is 16.9 Å². The number of carbonyl (C=O) groups is 1. The van der Waals surface area contributed by atoms with Crippen molar-refractivity contribution >= 4 is 17.1 Å². The van der Waals surface area contributed by atoms with Gasteiger partial charge < -0.3 is 4.52 Å². The van der Waals surface area contributed by atoms with Crippen molar-refractivity contribution < 1.29 is 26.9 Å². The fourth-order valence-corrected chi connectivity index (χ4v) is 3.10. The second-order valence-corrected chi connectivity index (χ2v) is 6.50. The van der Waals surface area contributed by atoms with Crippen molar-refractivity contribution in [3.05, 3.63) is 57.9 Å². The summed E-state index contributed by atoms with van der Waals surface area (Å²) >= 11 is 1.59. The van der Waals surface area contributed by atoms with Crippen LogP contribution in [0.5, 0.6) is 0 Å². The van der Waals surface area contributed by atoms with Crippen LogP contribution in [0.1, 0.15) is 34.0 Å². The lowest BCUT2D eigenvalue weighted by molar-refractivity contribution is -0.159. The molecule has 0 fully saturated rings. The third-order valence-electron chi connectivity index (χ3n) is 3.60. The fourth-order valence-electron chi connectivity index (χ4n) is 2.35. The van der Waals surface area contributed by atoms with E-state index in [1.807, 2.05) is 17.5 Å². The smallest absolute Gasteiger partial charge is 0.329 e. The van der Waals surface area contributed by atoms with E-state index in [0.717, 1.165) is 17.4 Å². The molecule has 0 saturated heterocycles. The first-order valence-corrected chi connectivity index (χ1v) is 8.49. The third-order valence-corrected chi connectivity index (χ3v) is 4.54. The number of thiophene rings is 1. The van der Waals surface area contributed by atoms with E-state index in [0.29, 0.717) is 6.42 Å². The van der Waals surface area contributed by atoms with Crippen LogP contribution in [0, 0.1) is 5.82 Å². The summed E-state index contributed by atoms with van der Waals surface area (Å²) in [6.45, 7) is 0. The molecule has 136 valence electrons. The Hall–Kier alpha value is -2.55. The number of aryl methyl sites for hydroxylation is 1. The third kappa shape index (κ3) is 4.16. The van der Waals surface area contributed by atoms with E-state index in [1.165, 1.54) is 12.1 Å². The highest BCUT2D eigenvalue weighted by atomic mass is 32.1. The molecule has 1 aromatic carbocycles. The van der Waals surface area contributed by atoms with Crippen LogP contribution in [0.3, 0.4) is 0 Å². The molecule has 0 radical (unpaired) electrons. The molecular weight excluding hydrogens is 372 g/mol. The van der Waals surface area contributed by atoms with Gasteiger partial charge in [-0.25, -0.2) is 4.39 Å². The van der Waals surface area contributed by atoms with Crippen LogP contribution in [-0.4, -0.2) is 15.9 Å². The standard InChI is InChI=1S/C17H12F4N2O2S/c18-13-9-10(15-22-16(25-23-15)17(19,20)21)6-7-12(13)14(24)5-1-3-11-4-2-8-26-11/h2,4,6-9H,1,3,5H2. The van der Waals surface area contributed by atoms with E-state index in [9.17, 15) is 22.4 Å². The van der Waals surface area contributed by atoms with Gasteiger partial charge in [0.15, 0.2) is 5.78 Å². The van der Waals surface area contributed by atoms with Crippen molar-refractivity contribution in [3.8, 4) is 11.4 Å². The predicted octanol–water partition coefficient (Wildman–Crippen LogP) is 5.16. The zero-order chi connectivity index (χ0) is 18.7. The lowest BCUT2D eigenvalue weighted by Gasteiger charge is -2.04. The zero-order valence-corrected chi connectivity index (χ0v) is 14.0. The summed E-state index contributed by atoms with van der Waals surface area (Å²) < 4.78 is 55.7. The van der Waals surface area contributed by atoms with Crippen molar-refractivity contribution in [1.82, 2.24) is 10.1 Å². The highest BCUT2D eigenvalue weighted by molar-refractivity contribution is 7.09. The molecule has 2 heterocycles. The van der Waals surface area contributed by atoms with Gasteiger partial charge in [0.25, 0.3) is 0 Å². The first-order valence-electron chi connectivity index (χ1n) is 7.61. The van der Waals surface area contributed by atoms with Gasteiger partial charge in [-0.1, -0.05) is 17.3 Å². The lowest BCUT2D eigenvalue weighted by atomic mass is 10.0. The number of Topliss-reactive ketones (excluding diaryl/α,β-unsaturated/α-hetero) is 1. The predicted molar refractivity (Wildman–Crippen MR) is 86.3 cm³/mol. The van der Waals surface area contributed by atoms with Gasteiger partial charge >= 0.3 is 12.1 Å². The monoisotopic (exact) mass is 384 g/mol. The van der Waals surface area contributed by atoms with Crippen LogP contribution in [0.25, 0.3) is 11.4 Å². The summed E-state index contributed by atoms with van der Waals surface area (Å²) in [4.78, 5) is 16.5. The summed E-state index contributed by atoms with van der Waals surface area (Å²) in [7, 11) is 0. The summed E-state index contributed by atoms with van der Waals surface area (Å²) in [5.41, 5.74) is -0.114. The molecule has 2 aromatic heterocycles. The summed E-state index contributed by atoms with van der Waals surface area (Å²) in [6, 6.07) is 7.33. The number of rotatable bonds is 6. The fraction of sp³-hybridized carbons (Fsp3) is 0.235. The molecule has 0 aliphatic heterocycles. The second-order valence-electron chi connectivity index (χ2n) is 5.47. The van der Waals surface area contributed by atoms with Crippen molar-refractivity contribution in [2.45, 2.75) is 25.4 Å². The average Bonchev–Trinajstić information content (AvgIpc) is 3.26. The quantitative estimate of drug-likeness (QED) is 0.435.